The first-order valence-electron chi connectivity index (χ1n) is 9.53. The molecule has 0 aliphatic carbocycles. The lowest BCUT2D eigenvalue weighted by atomic mass is 10.0. The molecular weight excluding hydrogens is 358 g/mol. The largest absolute Gasteiger partial charge is 0.467 e. The van der Waals surface area contributed by atoms with Crippen molar-refractivity contribution < 1.29 is 9.53 Å². The summed E-state index contributed by atoms with van der Waals surface area (Å²) in [6, 6.07) is 7.41. The fraction of sp³-hybridized carbons (Fsp3) is 0.500. The molecule has 3 heterocycles. The summed E-state index contributed by atoms with van der Waals surface area (Å²) in [6.07, 6.45) is 3.94. The second-order valence-electron chi connectivity index (χ2n) is 7.08. The zero-order chi connectivity index (χ0) is 20.1. The molecule has 0 aromatic carbocycles. The molecule has 1 aliphatic heterocycles. The van der Waals surface area contributed by atoms with Crippen LogP contribution >= 0.6 is 0 Å². The third kappa shape index (κ3) is 4.68. The van der Waals surface area contributed by atoms with Crippen molar-refractivity contribution in [3.05, 3.63) is 46.5 Å². The molecule has 0 bridgehead atoms. The van der Waals surface area contributed by atoms with Crippen LogP contribution in [0.2, 0.25) is 0 Å². The van der Waals surface area contributed by atoms with Gasteiger partial charge in [-0.3, -0.25) is 9.59 Å². The van der Waals surface area contributed by atoms with Crippen LogP contribution in [0.5, 0.6) is 6.01 Å². The summed E-state index contributed by atoms with van der Waals surface area (Å²) in [6.45, 7) is 3.91. The third-order valence-corrected chi connectivity index (χ3v) is 5.13. The number of hydrogen-bond acceptors (Lipinski definition) is 6. The van der Waals surface area contributed by atoms with Crippen molar-refractivity contribution in [1.29, 1.82) is 0 Å². The van der Waals surface area contributed by atoms with Crippen molar-refractivity contribution in [3.8, 4) is 6.01 Å². The first-order chi connectivity index (χ1) is 13.5. The highest BCUT2D eigenvalue weighted by atomic mass is 16.5. The highest BCUT2D eigenvalue weighted by molar-refractivity contribution is 5.76. The number of methoxy groups -OCH3 is 1. The van der Waals surface area contributed by atoms with E-state index in [0.717, 1.165) is 30.9 Å². The Labute approximate surface area is 164 Å². The number of anilines is 1. The van der Waals surface area contributed by atoms with Crippen molar-refractivity contribution in [2.24, 2.45) is 0 Å². The van der Waals surface area contributed by atoms with Gasteiger partial charge in [0, 0.05) is 63.2 Å². The normalized spacial score (nSPS) is 16.7. The molecule has 3 rings (SSSR count). The Kier molecular flexibility index (Phi) is 6.28. The van der Waals surface area contributed by atoms with Crippen LogP contribution in [-0.2, 0) is 11.3 Å². The number of aryl methyl sites for hydroxylation is 2. The van der Waals surface area contributed by atoms with E-state index in [-0.39, 0.29) is 17.5 Å². The third-order valence-electron chi connectivity index (χ3n) is 5.13. The predicted octanol–water partition coefficient (Wildman–Crippen LogP) is 1.47. The van der Waals surface area contributed by atoms with Gasteiger partial charge in [-0.25, -0.2) is 4.98 Å². The van der Waals surface area contributed by atoms with Gasteiger partial charge in [-0.15, -0.1) is 0 Å². The van der Waals surface area contributed by atoms with E-state index < -0.39 is 0 Å². The number of rotatable bonds is 6. The monoisotopic (exact) mass is 385 g/mol. The van der Waals surface area contributed by atoms with E-state index in [4.69, 9.17) is 4.74 Å². The van der Waals surface area contributed by atoms with Gasteiger partial charge in [0.25, 0.3) is 5.56 Å². The summed E-state index contributed by atoms with van der Waals surface area (Å²) >= 11 is 0. The maximum atomic E-state index is 12.7. The Morgan fingerprint density at radius 3 is 2.93 bits per heavy atom. The standard InChI is InChI=1S/C20H27N5O3/c1-15-13-17(22-20(21-15)28-3)25-11-6-7-16(14-25)23(2)18(26)9-12-24-10-5-4-8-19(24)27/h4-5,8,10,13,16H,6-7,9,11-12,14H2,1-3H3. The molecule has 2 aromatic rings. The van der Waals surface area contributed by atoms with Crippen molar-refractivity contribution in [1.82, 2.24) is 19.4 Å². The highest BCUT2D eigenvalue weighted by Crippen LogP contribution is 2.23. The molecular formula is C20H27N5O3. The van der Waals surface area contributed by atoms with Crippen LogP contribution in [0.1, 0.15) is 25.0 Å². The summed E-state index contributed by atoms with van der Waals surface area (Å²) in [4.78, 5) is 37.1. The number of carbonyl (C=O) groups excluding carboxylic acids is 1. The van der Waals surface area contributed by atoms with Gasteiger partial charge >= 0.3 is 6.01 Å². The van der Waals surface area contributed by atoms with E-state index in [0.29, 0.717) is 25.5 Å². The molecule has 1 saturated heterocycles. The van der Waals surface area contributed by atoms with Crippen LogP contribution in [0, 0.1) is 6.92 Å². The lowest BCUT2D eigenvalue weighted by molar-refractivity contribution is -0.132. The van der Waals surface area contributed by atoms with Gasteiger partial charge in [0.1, 0.15) is 5.82 Å². The maximum absolute atomic E-state index is 12.7. The number of likely N-dealkylation sites (N-methyl/N-ethyl adjacent to an activating group) is 1. The van der Waals surface area contributed by atoms with Crippen molar-refractivity contribution >= 4 is 11.7 Å². The molecule has 8 heteroatoms. The minimum Gasteiger partial charge on any atom is -0.467 e. The van der Waals surface area contributed by atoms with E-state index in [1.54, 1.807) is 30.0 Å². The molecule has 1 atom stereocenters. The Morgan fingerprint density at radius 2 is 2.18 bits per heavy atom. The van der Waals surface area contributed by atoms with Crippen LogP contribution in [-0.4, -0.2) is 58.6 Å². The Balaban J connectivity index is 1.63. The number of ether oxygens (including phenoxy) is 1. The second-order valence-corrected chi connectivity index (χ2v) is 7.08. The van der Waals surface area contributed by atoms with Gasteiger partial charge in [0.15, 0.2) is 0 Å². The number of piperidine rings is 1. The molecule has 1 unspecified atom stereocenters. The summed E-state index contributed by atoms with van der Waals surface area (Å²) in [5.74, 6) is 0.866. The first-order valence-corrected chi connectivity index (χ1v) is 9.53. The van der Waals surface area contributed by atoms with Crippen LogP contribution in [0.4, 0.5) is 5.82 Å². The minimum atomic E-state index is -0.0881. The molecule has 1 amide bonds. The molecule has 0 saturated carbocycles. The maximum Gasteiger partial charge on any atom is 0.318 e. The van der Waals surface area contributed by atoms with Gasteiger partial charge < -0.3 is 19.1 Å². The van der Waals surface area contributed by atoms with Gasteiger partial charge in [0.2, 0.25) is 5.91 Å². The van der Waals surface area contributed by atoms with Crippen LogP contribution in [0.3, 0.4) is 0 Å². The number of nitrogens with zero attached hydrogens (tertiary/aromatic N) is 5. The van der Waals surface area contributed by atoms with Crippen molar-refractivity contribution in [2.45, 2.75) is 38.8 Å². The molecule has 2 aromatic heterocycles. The second kappa shape index (κ2) is 8.86. The number of carbonyl (C=O) groups is 1. The first kappa shape index (κ1) is 19.9. The van der Waals surface area contributed by atoms with Crippen LogP contribution in [0.15, 0.2) is 35.3 Å². The van der Waals surface area contributed by atoms with E-state index in [1.165, 1.54) is 6.07 Å². The lowest BCUT2D eigenvalue weighted by Gasteiger charge is -2.38. The average molecular weight is 385 g/mol. The Morgan fingerprint density at radius 1 is 1.36 bits per heavy atom. The smallest absolute Gasteiger partial charge is 0.318 e. The summed E-state index contributed by atoms with van der Waals surface area (Å²) in [5.41, 5.74) is 0.761. The van der Waals surface area contributed by atoms with Gasteiger partial charge in [-0.05, 0) is 25.8 Å². The van der Waals surface area contributed by atoms with E-state index in [1.807, 2.05) is 24.9 Å². The lowest BCUT2D eigenvalue weighted by Crippen LogP contribution is -2.49. The van der Waals surface area contributed by atoms with Crippen LogP contribution < -0.4 is 15.2 Å². The highest BCUT2D eigenvalue weighted by Gasteiger charge is 2.27. The van der Waals surface area contributed by atoms with E-state index in [9.17, 15) is 9.59 Å². The van der Waals surface area contributed by atoms with Gasteiger partial charge in [-0.1, -0.05) is 6.07 Å². The van der Waals surface area contributed by atoms with Gasteiger partial charge in [0.05, 0.1) is 7.11 Å². The van der Waals surface area contributed by atoms with Gasteiger partial charge in [-0.2, -0.15) is 4.98 Å². The zero-order valence-electron chi connectivity index (χ0n) is 16.7. The molecule has 0 radical (unpaired) electrons. The van der Waals surface area contributed by atoms with Crippen molar-refractivity contribution in [3.63, 3.8) is 0 Å². The number of aromatic nitrogens is 3. The zero-order valence-corrected chi connectivity index (χ0v) is 16.7. The van der Waals surface area contributed by atoms with Crippen LogP contribution in [0.25, 0.3) is 0 Å². The SMILES string of the molecule is COc1nc(C)cc(N2CCCC(N(C)C(=O)CCn3ccccc3=O)C2)n1. The quantitative estimate of drug-likeness (QED) is 0.749. The molecule has 28 heavy (non-hydrogen) atoms. The fourth-order valence-corrected chi connectivity index (χ4v) is 3.50. The summed E-state index contributed by atoms with van der Waals surface area (Å²) in [7, 11) is 3.40. The number of pyridine rings is 1. The predicted molar refractivity (Wildman–Crippen MR) is 107 cm³/mol. The molecule has 0 spiro atoms. The topological polar surface area (TPSA) is 80.6 Å². The van der Waals surface area contributed by atoms with E-state index in [2.05, 4.69) is 14.9 Å². The molecule has 8 nitrogen and oxygen atoms in total. The summed E-state index contributed by atoms with van der Waals surface area (Å²) < 4.78 is 6.75. The number of hydrogen-bond donors (Lipinski definition) is 0. The fourth-order valence-electron chi connectivity index (χ4n) is 3.50. The molecule has 0 N–H and O–H groups in total. The Bertz CT molecular complexity index is 882. The molecule has 1 fully saturated rings. The molecule has 150 valence electrons. The van der Waals surface area contributed by atoms with E-state index >= 15 is 0 Å². The average Bonchev–Trinajstić information content (AvgIpc) is 2.72. The Hall–Kier alpha value is -2.90. The summed E-state index contributed by atoms with van der Waals surface area (Å²) in [5, 5.41) is 0. The minimum absolute atomic E-state index is 0.0408. The van der Waals surface area contributed by atoms with Crippen molar-refractivity contribution in [2.75, 3.05) is 32.1 Å². The molecule has 1 aliphatic rings. The number of amides is 1.